The number of rotatable bonds is 7. The first-order valence-corrected chi connectivity index (χ1v) is 7.47. The molecular weight excluding hydrogens is 248 g/mol. The normalized spacial score (nSPS) is 13.8. The number of hydrogen-bond donors (Lipinski definition) is 1. The van der Waals surface area contributed by atoms with E-state index < -0.39 is 0 Å². The fraction of sp³-hybridized carbons (Fsp3) is 0.647. The van der Waals surface area contributed by atoms with Crippen LogP contribution >= 0.6 is 0 Å². The molecule has 0 bridgehead atoms. The van der Waals surface area contributed by atoms with Gasteiger partial charge in [-0.2, -0.15) is 0 Å². The van der Waals surface area contributed by atoms with Gasteiger partial charge in [-0.05, 0) is 30.5 Å². The predicted octanol–water partition coefficient (Wildman–Crippen LogP) is 2.95. The molecule has 1 unspecified atom stereocenters. The van der Waals surface area contributed by atoms with Crippen molar-refractivity contribution in [1.29, 1.82) is 0 Å². The summed E-state index contributed by atoms with van der Waals surface area (Å²) in [6.45, 7) is 12.0. The summed E-state index contributed by atoms with van der Waals surface area (Å²) in [7, 11) is 2.09. The van der Waals surface area contributed by atoms with Crippen molar-refractivity contribution in [2.24, 2.45) is 5.73 Å². The van der Waals surface area contributed by atoms with E-state index in [9.17, 15) is 0 Å². The summed E-state index contributed by atoms with van der Waals surface area (Å²) in [5.74, 6) is 0. The van der Waals surface area contributed by atoms with Crippen LogP contribution in [0.15, 0.2) is 24.3 Å². The lowest BCUT2D eigenvalue weighted by atomic mass is 9.86. The largest absolute Gasteiger partial charge is 0.380 e. The third-order valence-corrected chi connectivity index (χ3v) is 3.53. The van der Waals surface area contributed by atoms with Gasteiger partial charge in [-0.15, -0.1) is 0 Å². The van der Waals surface area contributed by atoms with E-state index in [1.54, 1.807) is 0 Å². The highest BCUT2D eigenvalue weighted by Crippen LogP contribution is 2.23. The van der Waals surface area contributed by atoms with Crippen LogP contribution in [0.25, 0.3) is 0 Å². The molecule has 1 aromatic carbocycles. The Morgan fingerprint density at radius 2 is 1.80 bits per heavy atom. The van der Waals surface area contributed by atoms with E-state index in [0.29, 0.717) is 0 Å². The molecule has 0 aliphatic carbocycles. The fourth-order valence-electron chi connectivity index (χ4n) is 2.13. The van der Waals surface area contributed by atoms with Crippen molar-refractivity contribution >= 4 is 0 Å². The first-order valence-electron chi connectivity index (χ1n) is 7.47. The number of hydrogen-bond acceptors (Lipinski definition) is 3. The zero-order valence-electron chi connectivity index (χ0n) is 13.6. The Morgan fingerprint density at radius 3 is 2.30 bits per heavy atom. The van der Waals surface area contributed by atoms with Gasteiger partial charge in [0.2, 0.25) is 0 Å². The van der Waals surface area contributed by atoms with E-state index in [-0.39, 0.29) is 11.5 Å². The SMILES string of the molecule is CCOCCN(C)CC(N)c1ccc(C(C)(C)C)cc1. The standard InChI is InChI=1S/C17H30N2O/c1-6-20-12-11-19(5)13-16(18)14-7-9-15(10-8-14)17(2,3)4/h7-10,16H,6,11-13,18H2,1-5H3. The fourth-order valence-corrected chi connectivity index (χ4v) is 2.13. The highest BCUT2D eigenvalue weighted by Gasteiger charge is 2.14. The van der Waals surface area contributed by atoms with Gasteiger partial charge in [0.1, 0.15) is 0 Å². The molecule has 0 radical (unpaired) electrons. The zero-order valence-corrected chi connectivity index (χ0v) is 13.6. The van der Waals surface area contributed by atoms with Crippen molar-refractivity contribution < 1.29 is 4.74 Å². The number of ether oxygens (including phenoxy) is 1. The smallest absolute Gasteiger partial charge is 0.0593 e. The molecular formula is C17H30N2O. The molecule has 0 aliphatic heterocycles. The molecule has 0 aromatic heterocycles. The molecule has 0 fully saturated rings. The molecule has 1 rings (SSSR count). The molecule has 0 spiro atoms. The highest BCUT2D eigenvalue weighted by atomic mass is 16.5. The van der Waals surface area contributed by atoms with Crippen LogP contribution in [-0.4, -0.2) is 38.3 Å². The summed E-state index contributed by atoms with van der Waals surface area (Å²) < 4.78 is 5.36. The van der Waals surface area contributed by atoms with Gasteiger partial charge in [0.05, 0.1) is 6.61 Å². The minimum atomic E-state index is 0.0515. The quantitative estimate of drug-likeness (QED) is 0.779. The van der Waals surface area contributed by atoms with Crippen LogP contribution in [0.3, 0.4) is 0 Å². The monoisotopic (exact) mass is 278 g/mol. The Morgan fingerprint density at radius 1 is 1.20 bits per heavy atom. The van der Waals surface area contributed by atoms with E-state index in [4.69, 9.17) is 10.5 Å². The molecule has 0 amide bonds. The van der Waals surface area contributed by atoms with Crippen LogP contribution in [-0.2, 0) is 10.2 Å². The van der Waals surface area contributed by atoms with E-state index >= 15 is 0 Å². The summed E-state index contributed by atoms with van der Waals surface area (Å²) in [5.41, 5.74) is 9.01. The summed E-state index contributed by atoms with van der Waals surface area (Å²) in [6, 6.07) is 8.74. The molecule has 0 aliphatic rings. The molecule has 114 valence electrons. The Hall–Kier alpha value is -0.900. The summed E-state index contributed by atoms with van der Waals surface area (Å²) in [6.07, 6.45) is 0. The summed E-state index contributed by atoms with van der Waals surface area (Å²) in [4.78, 5) is 2.22. The third kappa shape index (κ3) is 5.61. The van der Waals surface area contributed by atoms with Gasteiger partial charge in [-0.3, -0.25) is 0 Å². The van der Waals surface area contributed by atoms with Gasteiger partial charge in [0.15, 0.2) is 0 Å². The van der Waals surface area contributed by atoms with E-state index in [1.807, 2.05) is 6.92 Å². The maximum absolute atomic E-state index is 6.28. The summed E-state index contributed by atoms with van der Waals surface area (Å²) in [5, 5.41) is 0. The Labute approximate surface area is 124 Å². The van der Waals surface area contributed by atoms with Crippen LogP contribution < -0.4 is 5.73 Å². The number of likely N-dealkylation sites (N-methyl/N-ethyl adjacent to an activating group) is 1. The second kappa shape index (κ2) is 7.77. The number of nitrogens with zero attached hydrogens (tertiary/aromatic N) is 1. The Kier molecular flexibility index (Phi) is 6.66. The Bertz CT molecular complexity index is 381. The third-order valence-electron chi connectivity index (χ3n) is 3.53. The molecule has 0 heterocycles. The van der Waals surface area contributed by atoms with E-state index in [1.165, 1.54) is 11.1 Å². The second-order valence-corrected chi connectivity index (χ2v) is 6.44. The molecule has 20 heavy (non-hydrogen) atoms. The van der Waals surface area contributed by atoms with Crippen LogP contribution in [0.5, 0.6) is 0 Å². The Balaban J connectivity index is 2.53. The first-order chi connectivity index (χ1) is 9.34. The van der Waals surface area contributed by atoms with Crippen molar-refractivity contribution in [2.45, 2.75) is 39.2 Å². The molecule has 0 saturated carbocycles. The van der Waals surface area contributed by atoms with Gasteiger partial charge in [-0.1, -0.05) is 45.0 Å². The second-order valence-electron chi connectivity index (χ2n) is 6.44. The number of benzene rings is 1. The minimum absolute atomic E-state index is 0.0515. The topological polar surface area (TPSA) is 38.5 Å². The molecule has 0 saturated heterocycles. The van der Waals surface area contributed by atoms with Crippen molar-refractivity contribution in [3.05, 3.63) is 35.4 Å². The van der Waals surface area contributed by atoms with Gasteiger partial charge in [0, 0.05) is 25.7 Å². The molecule has 1 atom stereocenters. The lowest BCUT2D eigenvalue weighted by molar-refractivity contribution is 0.120. The van der Waals surface area contributed by atoms with Gasteiger partial charge in [0.25, 0.3) is 0 Å². The lowest BCUT2D eigenvalue weighted by Gasteiger charge is -2.23. The molecule has 1 aromatic rings. The highest BCUT2D eigenvalue weighted by molar-refractivity contribution is 5.29. The van der Waals surface area contributed by atoms with Crippen molar-refractivity contribution in [3.8, 4) is 0 Å². The van der Waals surface area contributed by atoms with Gasteiger partial charge >= 0.3 is 0 Å². The van der Waals surface area contributed by atoms with E-state index in [0.717, 1.165) is 26.3 Å². The number of nitrogens with two attached hydrogens (primary N) is 1. The predicted molar refractivity (Wildman–Crippen MR) is 86.1 cm³/mol. The van der Waals surface area contributed by atoms with Crippen molar-refractivity contribution in [3.63, 3.8) is 0 Å². The molecule has 3 heteroatoms. The maximum atomic E-state index is 6.28. The van der Waals surface area contributed by atoms with Crippen molar-refractivity contribution in [1.82, 2.24) is 4.90 Å². The average Bonchev–Trinajstić information content (AvgIpc) is 2.38. The van der Waals surface area contributed by atoms with Gasteiger partial charge in [-0.25, -0.2) is 0 Å². The molecule has 3 nitrogen and oxygen atoms in total. The zero-order chi connectivity index (χ0) is 15.2. The van der Waals surface area contributed by atoms with Crippen molar-refractivity contribution in [2.75, 3.05) is 33.4 Å². The van der Waals surface area contributed by atoms with Gasteiger partial charge < -0.3 is 15.4 Å². The maximum Gasteiger partial charge on any atom is 0.0593 e. The average molecular weight is 278 g/mol. The van der Waals surface area contributed by atoms with E-state index in [2.05, 4.69) is 57.0 Å². The first kappa shape index (κ1) is 17.2. The minimum Gasteiger partial charge on any atom is -0.380 e. The lowest BCUT2D eigenvalue weighted by Crippen LogP contribution is -2.31. The van der Waals surface area contributed by atoms with Crippen LogP contribution in [0, 0.1) is 0 Å². The van der Waals surface area contributed by atoms with Crippen LogP contribution in [0.2, 0.25) is 0 Å². The summed E-state index contributed by atoms with van der Waals surface area (Å²) >= 11 is 0. The van der Waals surface area contributed by atoms with Crippen LogP contribution in [0.4, 0.5) is 0 Å². The van der Waals surface area contributed by atoms with Crippen LogP contribution in [0.1, 0.15) is 44.9 Å². The molecule has 2 N–H and O–H groups in total.